The van der Waals surface area contributed by atoms with Crippen LogP contribution in [0.15, 0.2) is 60.1 Å². The van der Waals surface area contributed by atoms with E-state index in [-0.39, 0.29) is 52.2 Å². The minimum absolute atomic E-state index is 0.0202. The first-order chi connectivity index (χ1) is 27.1. The lowest BCUT2D eigenvalue weighted by molar-refractivity contribution is -0.195. The number of hydrogen-bond donors (Lipinski definition) is 1. The van der Waals surface area contributed by atoms with Gasteiger partial charge < -0.3 is 10.5 Å². The highest BCUT2D eigenvalue weighted by Crippen LogP contribution is 2.60. The second kappa shape index (κ2) is 14.4. The molecule has 2 atom stereocenters. The van der Waals surface area contributed by atoms with E-state index in [4.69, 9.17) is 22.1 Å². The minimum atomic E-state index is -4.66. The molecule has 7 rings (SSSR count). The molecular formula is C37H37ClF6N8O5S. The number of amides is 1. The van der Waals surface area contributed by atoms with Crippen LogP contribution in [-0.4, -0.2) is 73.1 Å². The molecule has 0 spiro atoms. The number of aromatic nitrogens is 5. The highest BCUT2D eigenvalue weighted by Gasteiger charge is 2.64. The Morgan fingerprint density at radius 3 is 2.40 bits per heavy atom. The van der Waals surface area contributed by atoms with Crippen molar-refractivity contribution in [1.82, 2.24) is 28.9 Å². The Labute approximate surface area is 333 Å². The van der Waals surface area contributed by atoms with Crippen LogP contribution in [0.5, 0.6) is 0 Å². The Kier molecular flexibility index (Phi) is 10.2. The Balaban J connectivity index is 1.28. The van der Waals surface area contributed by atoms with Crippen molar-refractivity contribution >= 4 is 39.5 Å². The van der Waals surface area contributed by atoms with Crippen LogP contribution in [0.4, 0.5) is 26.3 Å². The van der Waals surface area contributed by atoms with Crippen LogP contribution in [0.25, 0.3) is 16.8 Å². The molecule has 4 aromatic rings. The number of halogens is 7. The van der Waals surface area contributed by atoms with Crippen molar-refractivity contribution in [2.75, 3.05) is 6.61 Å². The average Bonchev–Trinajstić information content (AvgIpc) is 4.01. The number of nitrogens with zero attached hydrogens (tertiary/aromatic N) is 7. The van der Waals surface area contributed by atoms with Gasteiger partial charge in [0.25, 0.3) is 22.4 Å². The van der Waals surface area contributed by atoms with Crippen LogP contribution in [0.2, 0.25) is 5.02 Å². The monoisotopic (exact) mass is 854 g/mol. The second-order valence-electron chi connectivity index (χ2n) is 16.0. The molecule has 2 aromatic carbocycles. The summed E-state index contributed by atoms with van der Waals surface area (Å²) in [5.41, 5.74) is 1.83. The van der Waals surface area contributed by atoms with Crippen molar-refractivity contribution in [2.45, 2.75) is 88.7 Å². The molecule has 21 heteroatoms. The molecule has 2 N–H and O–H groups in total. The van der Waals surface area contributed by atoms with E-state index in [2.05, 4.69) is 20.2 Å². The molecule has 2 aliphatic carbocycles. The Morgan fingerprint density at radius 1 is 1.09 bits per heavy atom. The van der Waals surface area contributed by atoms with Crippen LogP contribution in [0, 0.1) is 16.6 Å². The summed E-state index contributed by atoms with van der Waals surface area (Å²) in [5.74, 6) is -4.07. The molecule has 2 aromatic heterocycles. The zero-order valence-corrected chi connectivity index (χ0v) is 32.8. The SMILES string of the molecule is CC(C)(C)C[C@]1(c2ccc(-c3cnn(S(=O)(=O)C4CC4)c3)c(F)c2)N=C(N)N([C@H](COC(=O)CC2(C(F)(F)F)CC2)c2ccc(Cl)c(-n3ncnc3C(F)F)c2)C1=O. The highest BCUT2D eigenvalue weighted by molar-refractivity contribution is 7.90. The third-order valence-corrected chi connectivity index (χ3v) is 12.8. The normalized spacial score (nSPS) is 20.1. The third kappa shape index (κ3) is 7.55. The maximum Gasteiger partial charge on any atom is 0.395 e. The van der Waals surface area contributed by atoms with Gasteiger partial charge >= 0.3 is 12.1 Å². The van der Waals surface area contributed by atoms with Gasteiger partial charge in [0.15, 0.2) is 17.3 Å². The predicted molar refractivity (Wildman–Crippen MR) is 197 cm³/mol. The molecule has 3 heterocycles. The number of carbonyl (C=O) groups is 2. The van der Waals surface area contributed by atoms with Gasteiger partial charge in [0, 0.05) is 11.1 Å². The third-order valence-electron chi connectivity index (χ3n) is 10.4. The van der Waals surface area contributed by atoms with Crippen molar-refractivity contribution in [3.8, 4) is 16.8 Å². The number of hydrogen-bond acceptors (Lipinski definition) is 10. The molecule has 1 aliphatic heterocycles. The number of benzene rings is 2. The van der Waals surface area contributed by atoms with E-state index in [0.717, 1.165) is 26.1 Å². The lowest BCUT2D eigenvalue weighted by Crippen LogP contribution is -2.47. The summed E-state index contributed by atoms with van der Waals surface area (Å²) in [7, 11) is -3.74. The van der Waals surface area contributed by atoms with Crippen LogP contribution in [0.1, 0.15) is 88.7 Å². The fraction of sp³-hybridized carbons (Fsp3) is 0.459. The lowest BCUT2D eigenvalue weighted by Gasteiger charge is -2.35. The number of rotatable bonds is 13. The smallest absolute Gasteiger partial charge is 0.395 e. The molecule has 13 nitrogen and oxygen atoms in total. The minimum Gasteiger partial charge on any atom is -0.463 e. The lowest BCUT2D eigenvalue weighted by atomic mass is 9.75. The molecule has 0 saturated heterocycles. The summed E-state index contributed by atoms with van der Waals surface area (Å²) < 4.78 is 118. The van der Waals surface area contributed by atoms with Crippen LogP contribution in [0.3, 0.4) is 0 Å². The zero-order valence-electron chi connectivity index (χ0n) is 31.2. The van der Waals surface area contributed by atoms with Crippen molar-refractivity contribution in [3.05, 3.63) is 82.9 Å². The van der Waals surface area contributed by atoms with Gasteiger partial charge in [-0.15, -0.1) is 0 Å². The molecule has 310 valence electrons. The molecule has 1 amide bonds. The van der Waals surface area contributed by atoms with E-state index in [1.54, 1.807) is 20.8 Å². The van der Waals surface area contributed by atoms with E-state index in [1.807, 2.05) is 0 Å². The Bertz CT molecular complexity index is 2420. The molecule has 0 bridgehead atoms. The number of ether oxygens (including phenoxy) is 1. The number of carbonyl (C=O) groups excluding carboxylic acids is 2. The van der Waals surface area contributed by atoms with Crippen LogP contribution in [-0.2, 0) is 29.9 Å². The number of guanidine groups is 1. The number of nitrogens with two attached hydrogens (primary N) is 1. The maximum atomic E-state index is 16.1. The summed E-state index contributed by atoms with van der Waals surface area (Å²) in [6, 6.07) is 6.37. The summed E-state index contributed by atoms with van der Waals surface area (Å²) in [6.07, 6.45) is -5.05. The van der Waals surface area contributed by atoms with Crippen LogP contribution < -0.4 is 5.73 Å². The van der Waals surface area contributed by atoms with Crippen molar-refractivity contribution in [3.63, 3.8) is 0 Å². The molecule has 3 aliphatic rings. The molecule has 2 fully saturated rings. The van der Waals surface area contributed by atoms with E-state index in [1.165, 1.54) is 42.7 Å². The highest BCUT2D eigenvalue weighted by atomic mass is 35.5. The average molecular weight is 855 g/mol. The number of esters is 1. The van der Waals surface area contributed by atoms with Gasteiger partial charge in [0.2, 0.25) is 0 Å². The topological polar surface area (TPSA) is 168 Å². The summed E-state index contributed by atoms with van der Waals surface area (Å²) in [4.78, 5) is 37.2. The van der Waals surface area contributed by atoms with Gasteiger partial charge in [-0.3, -0.25) is 14.5 Å². The molecular weight excluding hydrogens is 818 g/mol. The first-order valence-corrected chi connectivity index (χ1v) is 19.9. The largest absolute Gasteiger partial charge is 0.463 e. The summed E-state index contributed by atoms with van der Waals surface area (Å²) >= 11 is 6.42. The van der Waals surface area contributed by atoms with Crippen molar-refractivity contribution in [1.29, 1.82) is 0 Å². The second-order valence-corrected chi connectivity index (χ2v) is 18.5. The molecule has 2 saturated carbocycles. The standard InChI is InChI=1S/C37H37ClF6N8O5S/c1-34(2,3)18-36(22-5-8-24(26(39)13-22)21-15-47-50(16-21)58(55,56)23-6-7-23)32(54)51(33(45)49-36)28(17-57-29(53)14-35(10-11-35)37(42,43)44)20-4-9-25(38)27(12-20)52-31(30(40)41)46-19-48-52/h4-5,8-9,12-13,15-16,19,23,28,30H,6-7,10-11,14,17-18H2,1-3H3,(H2,45,49)/t28-,36-/m1/s1. The Morgan fingerprint density at radius 2 is 1.79 bits per heavy atom. The van der Waals surface area contributed by atoms with Crippen LogP contribution >= 0.6 is 11.6 Å². The van der Waals surface area contributed by atoms with Crippen molar-refractivity contribution < 1.29 is 49.1 Å². The van der Waals surface area contributed by atoms with Gasteiger partial charge in [0.05, 0.1) is 46.2 Å². The summed E-state index contributed by atoms with van der Waals surface area (Å²) in [5, 5.41) is 7.15. The van der Waals surface area contributed by atoms with Gasteiger partial charge in [-0.25, -0.2) is 36.2 Å². The first kappa shape index (κ1) is 41.2. The molecule has 0 unspecified atom stereocenters. The van der Waals surface area contributed by atoms with E-state index in [9.17, 15) is 35.2 Å². The molecule has 0 radical (unpaired) electrons. The van der Waals surface area contributed by atoms with Gasteiger partial charge in [-0.1, -0.05) is 50.6 Å². The fourth-order valence-corrected chi connectivity index (χ4v) is 8.87. The van der Waals surface area contributed by atoms with E-state index < -0.39 is 92.8 Å². The van der Waals surface area contributed by atoms with E-state index in [0.29, 0.717) is 12.8 Å². The van der Waals surface area contributed by atoms with E-state index >= 15 is 9.18 Å². The number of aliphatic imine (C=N–C) groups is 1. The van der Waals surface area contributed by atoms with Crippen molar-refractivity contribution in [2.24, 2.45) is 21.6 Å². The van der Waals surface area contributed by atoms with Gasteiger partial charge in [-0.2, -0.15) is 27.5 Å². The van der Waals surface area contributed by atoms with Gasteiger partial charge in [0.1, 0.15) is 18.8 Å². The number of alkyl halides is 5. The maximum absolute atomic E-state index is 16.1. The summed E-state index contributed by atoms with van der Waals surface area (Å²) in [6.45, 7) is 4.64. The zero-order chi connectivity index (χ0) is 42.2. The van der Waals surface area contributed by atoms with Gasteiger partial charge in [-0.05, 0) is 66.8 Å². The molecule has 58 heavy (non-hydrogen) atoms. The Hall–Kier alpha value is -4.98. The quantitative estimate of drug-likeness (QED) is 0.110. The first-order valence-electron chi connectivity index (χ1n) is 18.1. The predicted octanol–water partition coefficient (Wildman–Crippen LogP) is 7.01. The fourth-order valence-electron chi connectivity index (χ4n) is 7.20.